The van der Waals surface area contributed by atoms with Gasteiger partial charge in [-0.25, -0.2) is 9.97 Å². The second-order valence-electron chi connectivity index (χ2n) is 2.30. The zero-order valence-corrected chi connectivity index (χ0v) is 6.36. The molecule has 0 aliphatic carbocycles. The zero-order valence-electron chi connectivity index (χ0n) is 6.36. The molecule has 0 saturated carbocycles. The molecule has 0 bridgehead atoms. The Labute approximate surface area is 65.6 Å². The van der Waals surface area contributed by atoms with Gasteiger partial charge in [-0.15, -0.1) is 0 Å². The van der Waals surface area contributed by atoms with E-state index >= 15 is 0 Å². The van der Waals surface area contributed by atoms with E-state index in [0.29, 0.717) is 11.8 Å². The molecule has 0 radical (unpaired) electrons. The minimum atomic E-state index is -0.476. The van der Waals surface area contributed by atoms with E-state index in [0.717, 1.165) is 0 Å². The third-order valence-corrected chi connectivity index (χ3v) is 1.46. The van der Waals surface area contributed by atoms with Crippen LogP contribution in [0.4, 0.5) is 5.95 Å². The Hall–Kier alpha value is -1.10. The zero-order chi connectivity index (χ0) is 8.27. The van der Waals surface area contributed by atoms with Gasteiger partial charge in [0.25, 0.3) is 0 Å². The summed E-state index contributed by atoms with van der Waals surface area (Å²) in [5.74, 6) is 0.233. The van der Waals surface area contributed by atoms with Crippen LogP contribution < -0.4 is 11.2 Å². The molecular weight excluding hydrogens is 141 g/mol. The van der Waals surface area contributed by atoms with Crippen molar-refractivity contribution >= 4 is 18.3 Å². The Morgan fingerprint density at radius 1 is 1.55 bits per heavy atom. The van der Waals surface area contributed by atoms with Crippen molar-refractivity contribution in [3.63, 3.8) is 0 Å². The molecule has 0 fully saturated rings. The summed E-state index contributed by atoms with van der Waals surface area (Å²) in [7, 11) is 0. The maximum absolute atomic E-state index is 9.30. The largest absolute Gasteiger partial charge is 0.446 e. The molecule has 0 unspecified atom stereocenters. The lowest BCUT2D eigenvalue weighted by atomic mass is 9.60. The van der Waals surface area contributed by atoms with Crippen LogP contribution in [0.15, 0.2) is 12.4 Å². The molecule has 11 heavy (non-hydrogen) atoms. The lowest BCUT2D eigenvalue weighted by molar-refractivity contribution is 0.585. The fourth-order valence-corrected chi connectivity index (χ4v) is 0.756. The van der Waals surface area contributed by atoms with Crippen molar-refractivity contribution in [1.29, 1.82) is 0 Å². The first kappa shape index (κ1) is 8.01. The van der Waals surface area contributed by atoms with Gasteiger partial charge >= 0.3 is 6.92 Å². The van der Waals surface area contributed by atoms with Gasteiger partial charge in [0, 0.05) is 12.4 Å². The van der Waals surface area contributed by atoms with Gasteiger partial charge in [0.2, 0.25) is 5.95 Å². The van der Waals surface area contributed by atoms with Crippen molar-refractivity contribution < 1.29 is 5.02 Å². The van der Waals surface area contributed by atoms with Crippen LogP contribution in [0.5, 0.6) is 0 Å². The molecule has 0 aliphatic rings. The first-order chi connectivity index (χ1) is 5.24. The highest BCUT2D eigenvalue weighted by Crippen LogP contribution is 1.89. The number of nitrogens with two attached hydrogens (primary N) is 1. The average molecular weight is 151 g/mol. The predicted molar refractivity (Wildman–Crippen MR) is 44.5 cm³/mol. The van der Waals surface area contributed by atoms with Crippen LogP contribution in [-0.2, 0) is 0 Å². The molecule has 0 atom stereocenters. The molecule has 5 heteroatoms. The predicted octanol–water partition coefficient (Wildman–Crippen LogP) is -0.731. The number of rotatable bonds is 2. The van der Waals surface area contributed by atoms with Gasteiger partial charge in [-0.2, -0.15) is 0 Å². The van der Waals surface area contributed by atoms with Crippen LogP contribution in [0.25, 0.3) is 0 Å². The van der Waals surface area contributed by atoms with E-state index in [2.05, 4.69) is 9.97 Å². The number of aromatic nitrogens is 2. The highest BCUT2D eigenvalue weighted by Gasteiger charge is 2.10. The molecule has 0 saturated heterocycles. The van der Waals surface area contributed by atoms with Crippen LogP contribution in [-0.4, -0.2) is 21.9 Å². The summed E-state index contributed by atoms with van der Waals surface area (Å²) in [4.78, 5) is 7.51. The van der Waals surface area contributed by atoms with Gasteiger partial charge in [0.05, 0.1) is 0 Å². The van der Waals surface area contributed by atoms with Crippen LogP contribution in [0.3, 0.4) is 0 Å². The van der Waals surface area contributed by atoms with Gasteiger partial charge in [-0.05, 0) is 11.8 Å². The van der Waals surface area contributed by atoms with Crippen molar-refractivity contribution in [2.75, 3.05) is 5.73 Å². The summed E-state index contributed by atoms with van der Waals surface area (Å²) >= 11 is 0. The molecule has 1 rings (SSSR count). The molecule has 0 aromatic carbocycles. The summed E-state index contributed by atoms with van der Waals surface area (Å²) in [5, 5.41) is 9.30. The van der Waals surface area contributed by atoms with E-state index in [1.165, 1.54) is 12.4 Å². The van der Waals surface area contributed by atoms with Crippen molar-refractivity contribution in [3.05, 3.63) is 12.4 Å². The third-order valence-electron chi connectivity index (χ3n) is 1.46. The number of nitrogen functional groups attached to an aromatic ring is 1. The maximum Gasteiger partial charge on any atom is 0.326 e. The Bertz CT molecular complexity index is 226. The molecule has 0 spiro atoms. The Balaban J connectivity index is 2.81. The monoisotopic (exact) mass is 151 g/mol. The Morgan fingerprint density at radius 3 is 2.55 bits per heavy atom. The molecule has 3 N–H and O–H groups in total. The SMILES string of the molecule is CCB(O)c1cnc(N)nc1. The van der Waals surface area contributed by atoms with Gasteiger partial charge in [-0.3, -0.25) is 0 Å². The molecular formula is C6H10BN3O. The van der Waals surface area contributed by atoms with Gasteiger partial charge < -0.3 is 10.8 Å². The fourth-order valence-electron chi connectivity index (χ4n) is 0.756. The standard InChI is InChI=1S/C6H10BN3O/c1-2-7(11)5-3-9-6(8)10-4-5/h3-4,11H,2H2,1H3,(H2,8,9,10). The molecule has 1 aromatic rings. The van der Waals surface area contributed by atoms with E-state index < -0.39 is 6.92 Å². The fraction of sp³-hybridized carbons (Fsp3) is 0.333. The molecule has 4 nitrogen and oxygen atoms in total. The number of hydrogen-bond acceptors (Lipinski definition) is 4. The highest BCUT2D eigenvalue weighted by molar-refractivity contribution is 6.65. The van der Waals surface area contributed by atoms with E-state index in [1.807, 2.05) is 6.92 Å². The van der Waals surface area contributed by atoms with Crippen molar-refractivity contribution in [3.8, 4) is 0 Å². The summed E-state index contributed by atoms with van der Waals surface area (Å²) in [6.07, 6.45) is 3.74. The second kappa shape index (κ2) is 3.34. The third kappa shape index (κ3) is 1.91. The molecule has 1 aromatic heterocycles. The van der Waals surface area contributed by atoms with Gasteiger partial charge in [-0.1, -0.05) is 6.92 Å². The second-order valence-corrected chi connectivity index (χ2v) is 2.30. The smallest absolute Gasteiger partial charge is 0.326 e. The molecule has 58 valence electrons. The van der Waals surface area contributed by atoms with Crippen molar-refractivity contribution in [2.45, 2.75) is 13.2 Å². The summed E-state index contributed by atoms with van der Waals surface area (Å²) in [5.41, 5.74) is 5.97. The quantitative estimate of drug-likeness (QED) is 0.546. The van der Waals surface area contributed by atoms with Crippen LogP contribution in [0.2, 0.25) is 6.32 Å². The first-order valence-electron chi connectivity index (χ1n) is 3.49. The van der Waals surface area contributed by atoms with E-state index in [4.69, 9.17) is 5.73 Å². The Morgan fingerprint density at radius 2 is 2.09 bits per heavy atom. The number of nitrogens with zero attached hydrogens (tertiary/aromatic N) is 2. The first-order valence-corrected chi connectivity index (χ1v) is 3.49. The highest BCUT2D eigenvalue weighted by atomic mass is 16.2. The lowest BCUT2D eigenvalue weighted by Crippen LogP contribution is -2.29. The van der Waals surface area contributed by atoms with Crippen molar-refractivity contribution in [2.24, 2.45) is 0 Å². The van der Waals surface area contributed by atoms with E-state index in [1.54, 1.807) is 0 Å². The van der Waals surface area contributed by atoms with E-state index in [-0.39, 0.29) is 5.95 Å². The summed E-state index contributed by atoms with van der Waals surface area (Å²) < 4.78 is 0. The summed E-state index contributed by atoms with van der Waals surface area (Å²) in [6, 6.07) is 0. The summed E-state index contributed by atoms with van der Waals surface area (Å²) in [6.45, 7) is 1.41. The van der Waals surface area contributed by atoms with Crippen LogP contribution in [0.1, 0.15) is 6.92 Å². The minimum absolute atomic E-state index is 0.233. The number of anilines is 1. The van der Waals surface area contributed by atoms with Gasteiger partial charge in [0.1, 0.15) is 0 Å². The minimum Gasteiger partial charge on any atom is -0.446 e. The average Bonchev–Trinajstić information content (AvgIpc) is 2.05. The van der Waals surface area contributed by atoms with Gasteiger partial charge in [0.15, 0.2) is 0 Å². The lowest BCUT2D eigenvalue weighted by Gasteiger charge is -2.01. The van der Waals surface area contributed by atoms with E-state index in [9.17, 15) is 5.02 Å². The van der Waals surface area contributed by atoms with Crippen LogP contribution >= 0.6 is 0 Å². The normalized spacial score (nSPS) is 9.64. The Kier molecular flexibility index (Phi) is 2.43. The van der Waals surface area contributed by atoms with Crippen molar-refractivity contribution in [1.82, 2.24) is 9.97 Å². The van der Waals surface area contributed by atoms with Crippen LogP contribution in [0, 0.1) is 0 Å². The number of hydrogen-bond donors (Lipinski definition) is 2. The molecule has 0 aliphatic heterocycles. The molecule has 0 amide bonds. The maximum atomic E-state index is 9.30. The topological polar surface area (TPSA) is 72.0 Å². The molecule has 1 heterocycles.